The number of nitrogens with zero attached hydrogens (tertiary/aromatic N) is 4. The van der Waals surface area contributed by atoms with E-state index in [1.54, 1.807) is 0 Å². The average molecular weight is 408 g/mol. The van der Waals surface area contributed by atoms with E-state index >= 15 is 0 Å². The molecule has 4 heterocycles. The molecule has 2 aliphatic rings. The van der Waals surface area contributed by atoms with Crippen LogP contribution in [0.2, 0.25) is 0 Å². The Labute approximate surface area is 185 Å². The summed E-state index contributed by atoms with van der Waals surface area (Å²) in [6.45, 7) is 0. The zero-order valence-electron chi connectivity index (χ0n) is 17.1. The Morgan fingerprint density at radius 1 is 0.656 bits per heavy atom. The second kappa shape index (κ2) is 6.57. The molecule has 0 atom stereocenters. The molecule has 148 valence electrons. The normalized spacial score (nSPS) is 14.1. The lowest BCUT2D eigenvalue weighted by Crippen LogP contribution is -2.03. The van der Waals surface area contributed by atoms with Crippen LogP contribution in [0, 0.1) is 12.1 Å². The number of hydrogen-bond donors (Lipinski definition) is 0. The monoisotopic (exact) mass is 408 g/mol. The number of fused-ring (bicyclic) bond motifs is 4. The van der Waals surface area contributed by atoms with Gasteiger partial charge in [-0.2, -0.15) is 0 Å². The number of para-hydroxylation sites is 1. The maximum absolute atomic E-state index is 4.92. The molecule has 2 aliphatic heterocycles. The Morgan fingerprint density at radius 3 is 2.12 bits per heavy atom. The Kier molecular flexibility index (Phi) is 3.56. The number of benzene rings is 2. The third-order valence-corrected chi connectivity index (χ3v) is 6.16. The predicted octanol–water partition coefficient (Wildman–Crippen LogP) is 5.74. The van der Waals surface area contributed by atoms with Crippen molar-refractivity contribution in [2.45, 2.75) is 12.8 Å². The van der Waals surface area contributed by atoms with Crippen molar-refractivity contribution in [1.29, 1.82) is 0 Å². The highest BCUT2D eigenvalue weighted by molar-refractivity contribution is 6.09. The van der Waals surface area contributed by atoms with Crippen LogP contribution in [-0.4, -0.2) is 21.4 Å². The Hall–Kier alpha value is -4.36. The van der Waals surface area contributed by atoms with E-state index in [9.17, 15) is 0 Å². The van der Waals surface area contributed by atoms with Gasteiger partial charge in [-0.05, 0) is 65.7 Å². The zero-order valence-corrected chi connectivity index (χ0v) is 17.1. The molecule has 0 amide bonds. The second-order valence-electron chi connectivity index (χ2n) is 8.21. The smallest absolute Gasteiger partial charge is 0.121 e. The summed E-state index contributed by atoms with van der Waals surface area (Å²) in [5.74, 6) is 0. The van der Waals surface area contributed by atoms with Crippen LogP contribution in [0.25, 0.3) is 21.8 Å². The van der Waals surface area contributed by atoms with Gasteiger partial charge < -0.3 is 0 Å². The van der Waals surface area contributed by atoms with E-state index in [0.29, 0.717) is 0 Å². The summed E-state index contributed by atoms with van der Waals surface area (Å²) < 4.78 is 0. The minimum absolute atomic E-state index is 0.761. The molecule has 7 rings (SSSR count). The first kappa shape index (κ1) is 17.3. The fourth-order valence-corrected chi connectivity index (χ4v) is 4.51. The standard InChI is InChI=1S/C28H16N4/c1-3-7-21-17(5-1)9-11-23(29-21)27-15-19-13-26-20(14-25(19)31-27)16-28(32-26)24-12-10-18-6-2-4-8-22(18)30-24/h1-3,5-7,9-14H,15-16H2. The Morgan fingerprint density at radius 2 is 1.34 bits per heavy atom. The van der Waals surface area contributed by atoms with Crippen LogP contribution < -0.4 is 0 Å². The van der Waals surface area contributed by atoms with E-state index in [4.69, 9.17) is 20.0 Å². The highest BCUT2D eigenvalue weighted by Crippen LogP contribution is 2.38. The molecule has 4 heteroatoms. The maximum atomic E-state index is 4.92. The number of aliphatic imine (C=N–C) groups is 2. The van der Waals surface area contributed by atoms with Gasteiger partial charge in [0.25, 0.3) is 0 Å². The van der Waals surface area contributed by atoms with Gasteiger partial charge in [-0.3, -0.25) is 9.98 Å². The molecule has 0 aliphatic carbocycles. The highest BCUT2D eigenvalue weighted by Gasteiger charge is 2.24. The lowest BCUT2D eigenvalue weighted by atomic mass is 10.0. The summed E-state index contributed by atoms with van der Waals surface area (Å²) >= 11 is 0. The molecule has 0 bridgehead atoms. The first-order valence-electron chi connectivity index (χ1n) is 10.7. The third kappa shape index (κ3) is 2.72. The van der Waals surface area contributed by atoms with Crippen molar-refractivity contribution in [3.8, 4) is 0 Å². The van der Waals surface area contributed by atoms with Crippen molar-refractivity contribution >= 4 is 44.6 Å². The molecule has 0 saturated carbocycles. The van der Waals surface area contributed by atoms with Crippen LogP contribution in [0.4, 0.5) is 11.4 Å². The van der Waals surface area contributed by atoms with Crippen LogP contribution in [0.5, 0.6) is 0 Å². The summed E-state index contributed by atoms with van der Waals surface area (Å²) in [5, 5.41) is 2.21. The molecule has 0 saturated heterocycles. The van der Waals surface area contributed by atoms with Gasteiger partial charge >= 0.3 is 0 Å². The van der Waals surface area contributed by atoms with Gasteiger partial charge in [0.2, 0.25) is 0 Å². The molecule has 5 aromatic rings. The lowest BCUT2D eigenvalue weighted by Gasteiger charge is -2.02. The van der Waals surface area contributed by atoms with Crippen LogP contribution in [0.3, 0.4) is 0 Å². The summed E-state index contributed by atoms with van der Waals surface area (Å²) in [7, 11) is 0. The lowest BCUT2D eigenvalue weighted by molar-refractivity contribution is 1.30. The molecule has 32 heavy (non-hydrogen) atoms. The van der Waals surface area contributed by atoms with Crippen molar-refractivity contribution in [2.75, 3.05) is 0 Å². The van der Waals surface area contributed by atoms with Gasteiger partial charge in [0.05, 0.1) is 39.7 Å². The quantitative estimate of drug-likeness (QED) is 0.374. The van der Waals surface area contributed by atoms with Crippen molar-refractivity contribution in [3.63, 3.8) is 0 Å². The predicted molar refractivity (Wildman–Crippen MR) is 127 cm³/mol. The fourth-order valence-electron chi connectivity index (χ4n) is 4.51. The largest absolute Gasteiger partial charge is 0.251 e. The van der Waals surface area contributed by atoms with E-state index in [0.717, 1.165) is 68.8 Å². The fraction of sp³-hybridized carbons (Fsp3) is 0.0714. The highest BCUT2D eigenvalue weighted by atomic mass is 14.9. The van der Waals surface area contributed by atoms with Gasteiger partial charge in [0, 0.05) is 23.6 Å². The van der Waals surface area contributed by atoms with Crippen molar-refractivity contribution < 1.29 is 0 Å². The maximum Gasteiger partial charge on any atom is 0.121 e. The zero-order chi connectivity index (χ0) is 21.1. The minimum atomic E-state index is 0.761. The van der Waals surface area contributed by atoms with Crippen molar-refractivity contribution in [2.24, 2.45) is 9.98 Å². The number of hydrogen-bond acceptors (Lipinski definition) is 4. The van der Waals surface area contributed by atoms with Crippen LogP contribution in [-0.2, 0) is 12.8 Å². The van der Waals surface area contributed by atoms with Crippen molar-refractivity contribution in [3.05, 3.63) is 107 Å². The van der Waals surface area contributed by atoms with E-state index < -0.39 is 0 Å². The molecule has 0 N–H and O–H groups in total. The summed E-state index contributed by atoms with van der Waals surface area (Å²) in [5.41, 5.74) is 10.1. The van der Waals surface area contributed by atoms with E-state index in [1.165, 1.54) is 11.1 Å². The molecule has 0 fully saturated rings. The number of aromatic nitrogens is 2. The topological polar surface area (TPSA) is 50.5 Å². The number of pyridine rings is 2. The second-order valence-corrected chi connectivity index (χ2v) is 8.21. The SMILES string of the molecule is c1ccc2ccc(C3=Nc4cc5c(cc4C3)N=C(c3ccc4ccccc4n3)C5)nc2c#1. The van der Waals surface area contributed by atoms with Crippen LogP contribution in [0.15, 0.2) is 82.8 Å². The Balaban J connectivity index is 1.21. The van der Waals surface area contributed by atoms with Crippen molar-refractivity contribution in [1.82, 2.24) is 9.97 Å². The summed E-state index contributed by atoms with van der Waals surface area (Å²) in [4.78, 5) is 19.4. The molecule has 0 spiro atoms. The molecular formula is C28H16N4. The van der Waals surface area contributed by atoms with E-state index in [2.05, 4.69) is 48.5 Å². The molecule has 0 radical (unpaired) electrons. The number of rotatable bonds is 2. The molecule has 2 aromatic heterocycles. The molecular weight excluding hydrogens is 392 g/mol. The van der Waals surface area contributed by atoms with Gasteiger partial charge in [0.15, 0.2) is 0 Å². The van der Waals surface area contributed by atoms with Gasteiger partial charge in [-0.25, -0.2) is 9.97 Å². The average Bonchev–Trinajstić information content (AvgIpc) is 3.45. The van der Waals surface area contributed by atoms with E-state index in [-0.39, 0.29) is 0 Å². The first-order chi connectivity index (χ1) is 15.8. The Bertz CT molecular complexity index is 1510. The molecule has 0 unspecified atom stereocenters. The van der Waals surface area contributed by atoms with Gasteiger partial charge in [0.1, 0.15) is 5.52 Å². The van der Waals surface area contributed by atoms with Gasteiger partial charge in [-0.1, -0.05) is 30.3 Å². The van der Waals surface area contributed by atoms with Crippen LogP contribution in [0.1, 0.15) is 22.5 Å². The first-order valence-corrected chi connectivity index (χ1v) is 10.7. The molecule has 4 nitrogen and oxygen atoms in total. The van der Waals surface area contributed by atoms with Crippen LogP contribution >= 0.6 is 0 Å². The minimum Gasteiger partial charge on any atom is -0.251 e. The van der Waals surface area contributed by atoms with E-state index in [1.807, 2.05) is 36.4 Å². The molecule has 3 aromatic carbocycles. The third-order valence-electron chi connectivity index (χ3n) is 6.16. The van der Waals surface area contributed by atoms with Gasteiger partial charge in [-0.15, -0.1) is 0 Å². The summed E-state index contributed by atoms with van der Waals surface area (Å²) in [6, 6.07) is 30.7. The summed E-state index contributed by atoms with van der Waals surface area (Å²) in [6.07, 6.45) is 1.54.